The number of halogens is 1. The minimum Gasteiger partial charge on any atom is -0.491 e. The van der Waals surface area contributed by atoms with Gasteiger partial charge in [0, 0.05) is 18.0 Å². The van der Waals surface area contributed by atoms with E-state index in [1.807, 2.05) is 18.2 Å². The van der Waals surface area contributed by atoms with Crippen LogP contribution in [0.25, 0.3) is 0 Å². The summed E-state index contributed by atoms with van der Waals surface area (Å²) in [4.78, 5) is 1.12. The van der Waals surface area contributed by atoms with E-state index in [4.69, 9.17) is 21.6 Å². The van der Waals surface area contributed by atoms with Gasteiger partial charge in [-0.3, -0.25) is 0 Å². The summed E-state index contributed by atoms with van der Waals surface area (Å²) in [7, 11) is 0. The second-order valence-corrected chi connectivity index (χ2v) is 6.24. The Morgan fingerprint density at radius 2 is 2.24 bits per heavy atom. The molecule has 0 bridgehead atoms. The normalized spacial score (nSPS) is 11.9. The molecule has 0 amide bonds. The summed E-state index contributed by atoms with van der Waals surface area (Å²) in [5.41, 5.74) is 0.537. The van der Waals surface area contributed by atoms with Crippen molar-refractivity contribution in [3.05, 3.63) is 51.2 Å². The summed E-state index contributed by atoms with van der Waals surface area (Å²) in [6.45, 7) is 1.26. The second-order valence-electron chi connectivity index (χ2n) is 4.44. The molecule has 1 aromatic heterocycles. The number of ether oxygens (including phenoxy) is 1. The van der Waals surface area contributed by atoms with Crippen molar-refractivity contribution in [1.82, 2.24) is 5.32 Å². The fraction of sp³-hybridized carbons (Fsp3) is 0.267. The Morgan fingerprint density at radius 1 is 1.38 bits per heavy atom. The van der Waals surface area contributed by atoms with Crippen LogP contribution in [0.3, 0.4) is 0 Å². The average molecular weight is 323 g/mol. The molecule has 0 aliphatic carbocycles. The van der Waals surface area contributed by atoms with Crippen LogP contribution in [0.2, 0.25) is 4.34 Å². The number of benzene rings is 1. The lowest BCUT2D eigenvalue weighted by Crippen LogP contribution is -2.30. The number of nitriles is 1. The van der Waals surface area contributed by atoms with Crippen LogP contribution in [-0.2, 0) is 6.54 Å². The third kappa shape index (κ3) is 5.37. The number of nitrogens with one attached hydrogen (secondary N) is 1. The number of nitrogens with zero attached hydrogens (tertiary/aromatic N) is 1. The monoisotopic (exact) mass is 322 g/mol. The van der Waals surface area contributed by atoms with Crippen molar-refractivity contribution in [1.29, 1.82) is 5.26 Å². The van der Waals surface area contributed by atoms with Crippen molar-refractivity contribution in [2.24, 2.45) is 0 Å². The van der Waals surface area contributed by atoms with E-state index in [1.165, 1.54) is 11.3 Å². The molecule has 1 heterocycles. The molecule has 21 heavy (non-hydrogen) atoms. The third-order valence-corrected chi connectivity index (χ3v) is 3.94. The van der Waals surface area contributed by atoms with E-state index in [0.29, 0.717) is 24.4 Å². The first-order chi connectivity index (χ1) is 10.2. The highest BCUT2D eigenvalue weighted by Gasteiger charge is 2.06. The van der Waals surface area contributed by atoms with Crippen molar-refractivity contribution in [2.45, 2.75) is 12.6 Å². The van der Waals surface area contributed by atoms with Crippen LogP contribution in [0.1, 0.15) is 10.4 Å². The Kier molecular flexibility index (Phi) is 6.03. The molecule has 6 heteroatoms. The molecule has 2 aromatic rings. The molecule has 110 valence electrons. The highest BCUT2D eigenvalue weighted by Crippen LogP contribution is 2.20. The van der Waals surface area contributed by atoms with Crippen molar-refractivity contribution < 1.29 is 9.84 Å². The largest absolute Gasteiger partial charge is 0.491 e. The lowest BCUT2D eigenvalue weighted by Gasteiger charge is -2.13. The van der Waals surface area contributed by atoms with Crippen LogP contribution in [-0.4, -0.2) is 24.4 Å². The van der Waals surface area contributed by atoms with E-state index in [9.17, 15) is 5.11 Å². The summed E-state index contributed by atoms with van der Waals surface area (Å²) in [5.74, 6) is 0.582. The van der Waals surface area contributed by atoms with Gasteiger partial charge in [-0.25, -0.2) is 0 Å². The van der Waals surface area contributed by atoms with Crippen molar-refractivity contribution in [3.8, 4) is 11.8 Å². The maximum Gasteiger partial charge on any atom is 0.120 e. The molecule has 4 nitrogen and oxygen atoms in total. The molecular weight excluding hydrogens is 308 g/mol. The van der Waals surface area contributed by atoms with Gasteiger partial charge in [0.1, 0.15) is 18.5 Å². The van der Waals surface area contributed by atoms with Gasteiger partial charge in [-0.1, -0.05) is 17.7 Å². The molecule has 1 aromatic carbocycles. The summed E-state index contributed by atoms with van der Waals surface area (Å²) in [6, 6.07) is 12.7. The van der Waals surface area contributed by atoms with Gasteiger partial charge >= 0.3 is 0 Å². The van der Waals surface area contributed by atoms with Gasteiger partial charge in [-0.05, 0) is 30.3 Å². The van der Waals surface area contributed by atoms with Gasteiger partial charge in [-0.15, -0.1) is 11.3 Å². The van der Waals surface area contributed by atoms with Crippen LogP contribution >= 0.6 is 22.9 Å². The Bertz CT molecular complexity index is 624. The van der Waals surface area contributed by atoms with Crippen molar-refractivity contribution in [2.75, 3.05) is 13.2 Å². The topological polar surface area (TPSA) is 65.3 Å². The Labute approximate surface area is 132 Å². The SMILES string of the molecule is N#Cc1cccc(OCC(O)CNCc2ccc(Cl)s2)c1. The molecule has 1 unspecified atom stereocenters. The second kappa shape index (κ2) is 8.01. The van der Waals surface area contributed by atoms with Gasteiger partial charge in [0.15, 0.2) is 0 Å². The molecule has 1 atom stereocenters. The zero-order valence-electron chi connectivity index (χ0n) is 11.3. The van der Waals surface area contributed by atoms with Crippen molar-refractivity contribution >= 4 is 22.9 Å². The molecule has 0 spiro atoms. The predicted octanol–water partition coefficient (Wildman–Crippen LogP) is 2.80. The van der Waals surface area contributed by atoms with Gasteiger partial charge in [0.25, 0.3) is 0 Å². The molecular formula is C15H15ClN2O2S. The first kappa shape index (κ1) is 15.8. The standard InChI is InChI=1S/C15H15ClN2O2S/c16-15-5-4-14(21-15)9-18-8-12(19)10-20-13-3-1-2-11(6-13)7-17/h1-6,12,18-19H,8-10H2. The van der Waals surface area contributed by atoms with Crippen LogP contribution in [0, 0.1) is 11.3 Å². The molecule has 2 N–H and O–H groups in total. The first-order valence-corrected chi connectivity index (χ1v) is 7.63. The van der Waals surface area contributed by atoms with Gasteiger partial charge < -0.3 is 15.2 Å². The zero-order chi connectivity index (χ0) is 15.1. The molecule has 0 fully saturated rings. The maximum atomic E-state index is 9.85. The number of aliphatic hydroxyl groups excluding tert-OH is 1. The molecule has 0 aliphatic rings. The van der Waals surface area contributed by atoms with Gasteiger partial charge in [-0.2, -0.15) is 5.26 Å². The molecule has 0 aliphatic heterocycles. The predicted molar refractivity (Wildman–Crippen MR) is 83.7 cm³/mol. The van der Waals surface area contributed by atoms with Gasteiger partial charge in [0.05, 0.1) is 16.0 Å². The first-order valence-electron chi connectivity index (χ1n) is 6.43. The summed E-state index contributed by atoms with van der Waals surface area (Å²) < 4.78 is 6.21. The van der Waals surface area contributed by atoms with Crippen LogP contribution in [0.5, 0.6) is 5.75 Å². The molecule has 0 radical (unpaired) electrons. The van der Waals surface area contributed by atoms with Crippen molar-refractivity contribution in [3.63, 3.8) is 0 Å². The van der Waals surface area contributed by atoms with Crippen LogP contribution in [0.15, 0.2) is 36.4 Å². The number of hydrogen-bond donors (Lipinski definition) is 2. The number of hydrogen-bond acceptors (Lipinski definition) is 5. The summed E-state index contributed by atoms with van der Waals surface area (Å²) in [6.07, 6.45) is -0.619. The van der Waals surface area contributed by atoms with E-state index >= 15 is 0 Å². The number of thiophene rings is 1. The highest BCUT2D eigenvalue weighted by molar-refractivity contribution is 7.16. The van der Waals surface area contributed by atoms with E-state index in [-0.39, 0.29) is 6.61 Å². The molecule has 2 rings (SSSR count). The van der Waals surface area contributed by atoms with Crippen LogP contribution < -0.4 is 10.1 Å². The fourth-order valence-corrected chi connectivity index (χ4v) is 2.77. The quantitative estimate of drug-likeness (QED) is 0.822. The molecule has 0 saturated carbocycles. The lowest BCUT2D eigenvalue weighted by molar-refractivity contribution is 0.106. The van der Waals surface area contributed by atoms with Crippen LogP contribution in [0.4, 0.5) is 0 Å². The fourth-order valence-electron chi connectivity index (χ4n) is 1.72. The van der Waals surface area contributed by atoms with E-state index < -0.39 is 6.10 Å². The van der Waals surface area contributed by atoms with Gasteiger partial charge in [0.2, 0.25) is 0 Å². The summed E-state index contributed by atoms with van der Waals surface area (Å²) in [5, 5.41) is 21.8. The van der Waals surface area contributed by atoms with E-state index in [1.54, 1.807) is 24.3 Å². The number of rotatable bonds is 7. The minimum atomic E-state index is -0.619. The Morgan fingerprint density at radius 3 is 2.95 bits per heavy atom. The lowest BCUT2D eigenvalue weighted by atomic mass is 10.2. The van der Waals surface area contributed by atoms with E-state index in [2.05, 4.69) is 5.32 Å². The third-order valence-electron chi connectivity index (χ3n) is 2.71. The molecule has 0 saturated heterocycles. The Balaban J connectivity index is 1.69. The number of aliphatic hydroxyl groups is 1. The zero-order valence-corrected chi connectivity index (χ0v) is 12.8. The Hall–Kier alpha value is -1.58. The maximum absolute atomic E-state index is 9.85. The minimum absolute atomic E-state index is 0.174. The average Bonchev–Trinajstić information content (AvgIpc) is 2.91. The smallest absolute Gasteiger partial charge is 0.120 e. The summed E-state index contributed by atoms with van der Waals surface area (Å²) >= 11 is 7.36. The van der Waals surface area contributed by atoms with E-state index in [0.717, 1.165) is 9.21 Å². The highest BCUT2D eigenvalue weighted by atomic mass is 35.5.